The van der Waals surface area contributed by atoms with Gasteiger partial charge < -0.3 is 15.2 Å². The fraction of sp³-hybridized carbons (Fsp3) is 0.625. The van der Waals surface area contributed by atoms with Gasteiger partial charge in [0.15, 0.2) is 11.5 Å². The molecule has 1 aliphatic carbocycles. The Balaban J connectivity index is 2.01. The molecule has 0 aromatic heterocycles. The van der Waals surface area contributed by atoms with Crippen molar-refractivity contribution in [2.75, 3.05) is 14.2 Å². The molecule has 1 aromatic rings. The summed E-state index contributed by atoms with van der Waals surface area (Å²) in [4.78, 5) is 0. The summed E-state index contributed by atoms with van der Waals surface area (Å²) in [6, 6.07) is 6.35. The van der Waals surface area contributed by atoms with E-state index < -0.39 is 0 Å². The van der Waals surface area contributed by atoms with Crippen LogP contribution in [-0.4, -0.2) is 20.3 Å². The van der Waals surface area contributed by atoms with Crippen molar-refractivity contribution in [3.8, 4) is 11.5 Å². The molecule has 19 heavy (non-hydrogen) atoms. The molecule has 0 amide bonds. The predicted octanol–water partition coefficient (Wildman–Crippen LogP) is 3.15. The van der Waals surface area contributed by atoms with Crippen molar-refractivity contribution < 1.29 is 9.47 Å². The summed E-state index contributed by atoms with van der Waals surface area (Å²) in [5.74, 6) is 2.25. The van der Waals surface area contributed by atoms with Crippen molar-refractivity contribution in [3.05, 3.63) is 23.8 Å². The molecule has 1 unspecified atom stereocenters. The van der Waals surface area contributed by atoms with Crippen LogP contribution in [0.4, 0.5) is 0 Å². The highest BCUT2D eigenvalue weighted by Crippen LogP contribution is 2.30. The highest BCUT2D eigenvalue weighted by atomic mass is 16.5. The minimum atomic E-state index is 0.262. The van der Waals surface area contributed by atoms with Crippen LogP contribution in [0.25, 0.3) is 0 Å². The zero-order valence-corrected chi connectivity index (χ0v) is 12.0. The van der Waals surface area contributed by atoms with E-state index in [1.807, 2.05) is 12.1 Å². The Morgan fingerprint density at radius 1 is 1.11 bits per heavy atom. The van der Waals surface area contributed by atoms with E-state index in [0.717, 1.165) is 17.9 Å². The van der Waals surface area contributed by atoms with Gasteiger partial charge in [0, 0.05) is 6.04 Å². The summed E-state index contributed by atoms with van der Waals surface area (Å²) < 4.78 is 10.6. The zero-order valence-electron chi connectivity index (χ0n) is 12.0. The largest absolute Gasteiger partial charge is 0.493 e. The normalized spacial score (nSPS) is 18.1. The first-order valence-corrected chi connectivity index (χ1v) is 7.21. The molecule has 3 heteroatoms. The first kappa shape index (κ1) is 14.2. The number of nitrogens with two attached hydrogens (primary N) is 1. The molecule has 0 spiro atoms. The standard InChI is InChI=1S/C16H25NO2/c1-18-15-9-8-12(11-16(15)19-2)10-14(17)13-6-4-3-5-7-13/h8-9,11,13-14H,3-7,10,17H2,1-2H3. The summed E-state index contributed by atoms with van der Waals surface area (Å²) in [6.45, 7) is 0. The van der Waals surface area contributed by atoms with Gasteiger partial charge in [-0.05, 0) is 42.9 Å². The Labute approximate surface area is 116 Å². The van der Waals surface area contributed by atoms with Gasteiger partial charge in [-0.1, -0.05) is 25.3 Å². The van der Waals surface area contributed by atoms with Crippen LogP contribution >= 0.6 is 0 Å². The van der Waals surface area contributed by atoms with E-state index in [0.29, 0.717) is 5.92 Å². The Morgan fingerprint density at radius 2 is 1.79 bits per heavy atom. The molecule has 1 aliphatic rings. The van der Waals surface area contributed by atoms with Crippen molar-refractivity contribution in [3.63, 3.8) is 0 Å². The molecule has 0 aliphatic heterocycles. The first-order valence-electron chi connectivity index (χ1n) is 7.21. The Morgan fingerprint density at radius 3 is 2.42 bits per heavy atom. The molecule has 2 N–H and O–H groups in total. The molecule has 0 radical (unpaired) electrons. The van der Waals surface area contributed by atoms with Gasteiger partial charge in [0.2, 0.25) is 0 Å². The van der Waals surface area contributed by atoms with E-state index in [9.17, 15) is 0 Å². The average molecular weight is 263 g/mol. The molecule has 1 saturated carbocycles. The zero-order chi connectivity index (χ0) is 13.7. The Hall–Kier alpha value is -1.22. The highest BCUT2D eigenvalue weighted by molar-refractivity contribution is 5.43. The summed E-state index contributed by atoms with van der Waals surface area (Å²) >= 11 is 0. The fourth-order valence-corrected chi connectivity index (χ4v) is 3.01. The maximum atomic E-state index is 6.37. The van der Waals surface area contributed by atoms with Gasteiger partial charge in [-0.3, -0.25) is 0 Å². The van der Waals surface area contributed by atoms with Gasteiger partial charge in [0.1, 0.15) is 0 Å². The third-order valence-corrected chi connectivity index (χ3v) is 4.17. The number of ether oxygens (including phenoxy) is 2. The quantitative estimate of drug-likeness (QED) is 0.887. The topological polar surface area (TPSA) is 44.5 Å². The predicted molar refractivity (Wildman–Crippen MR) is 77.8 cm³/mol. The van der Waals surface area contributed by atoms with Crippen LogP contribution in [0.15, 0.2) is 18.2 Å². The lowest BCUT2D eigenvalue weighted by Crippen LogP contribution is -2.33. The second-order valence-electron chi connectivity index (χ2n) is 5.46. The fourth-order valence-electron chi connectivity index (χ4n) is 3.01. The smallest absolute Gasteiger partial charge is 0.160 e. The van der Waals surface area contributed by atoms with Crippen LogP contribution in [0.1, 0.15) is 37.7 Å². The van der Waals surface area contributed by atoms with Crippen LogP contribution in [-0.2, 0) is 6.42 Å². The SMILES string of the molecule is COc1ccc(CC(N)C2CCCCC2)cc1OC. The lowest BCUT2D eigenvalue weighted by molar-refractivity contribution is 0.303. The van der Waals surface area contributed by atoms with Crippen molar-refractivity contribution in [2.24, 2.45) is 11.7 Å². The van der Waals surface area contributed by atoms with Crippen LogP contribution in [0.3, 0.4) is 0 Å². The second-order valence-corrected chi connectivity index (χ2v) is 5.46. The van der Waals surface area contributed by atoms with E-state index in [4.69, 9.17) is 15.2 Å². The number of benzene rings is 1. The third kappa shape index (κ3) is 3.63. The molecule has 1 atom stereocenters. The van der Waals surface area contributed by atoms with Gasteiger partial charge in [-0.25, -0.2) is 0 Å². The Bertz CT molecular complexity index is 400. The summed E-state index contributed by atoms with van der Waals surface area (Å²) in [7, 11) is 3.33. The molecule has 0 bridgehead atoms. The lowest BCUT2D eigenvalue weighted by atomic mass is 9.82. The maximum Gasteiger partial charge on any atom is 0.160 e. The molecule has 0 heterocycles. The van der Waals surface area contributed by atoms with E-state index in [-0.39, 0.29) is 6.04 Å². The number of hydrogen-bond acceptors (Lipinski definition) is 3. The van der Waals surface area contributed by atoms with Crippen molar-refractivity contribution in [1.82, 2.24) is 0 Å². The first-order chi connectivity index (χ1) is 9.24. The molecular weight excluding hydrogens is 238 g/mol. The summed E-state index contributed by atoms with van der Waals surface area (Å²) in [5.41, 5.74) is 7.60. The van der Waals surface area contributed by atoms with Crippen LogP contribution in [0.2, 0.25) is 0 Å². The van der Waals surface area contributed by atoms with Gasteiger partial charge in [0.25, 0.3) is 0 Å². The van der Waals surface area contributed by atoms with Gasteiger partial charge >= 0.3 is 0 Å². The summed E-state index contributed by atoms with van der Waals surface area (Å²) in [6.07, 6.45) is 7.54. The summed E-state index contributed by atoms with van der Waals surface area (Å²) in [5, 5.41) is 0. The molecule has 2 rings (SSSR count). The third-order valence-electron chi connectivity index (χ3n) is 4.17. The number of hydrogen-bond donors (Lipinski definition) is 1. The van der Waals surface area contributed by atoms with E-state index in [2.05, 4.69) is 6.07 Å². The van der Waals surface area contributed by atoms with Crippen molar-refractivity contribution in [2.45, 2.75) is 44.6 Å². The van der Waals surface area contributed by atoms with Crippen LogP contribution in [0, 0.1) is 5.92 Å². The van der Waals surface area contributed by atoms with Gasteiger partial charge in [-0.15, -0.1) is 0 Å². The number of rotatable bonds is 5. The molecule has 0 saturated heterocycles. The molecule has 106 valence electrons. The minimum Gasteiger partial charge on any atom is -0.493 e. The van der Waals surface area contributed by atoms with Crippen molar-refractivity contribution >= 4 is 0 Å². The van der Waals surface area contributed by atoms with E-state index >= 15 is 0 Å². The van der Waals surface area contributed by atoms with E-state index in [1.165, 1.54) is 37.7 Å². The highest BCUT2D eigenvalue weighted by Gasteiger charge is 2.21. The van der Waals surface area contributed by atoms with Crippen molar-refractivity contribution in [1.29, 1.82) is 0 Å². The average Bonchev–Trinajstić information content (AvgIpc) is 2.48. The molecule has 3 nitrogen and oxygen atoms in total. The minimum absolute atomic E-state index is 0.262. The Kier molecular flexibility index (Phi) is 5.08. The van der Waals surface area contributed by atoms with Crippen LogP contribution < -0.4 is 15.2 Å². The molecule has 1 aromatic carbocycles. The maximum absolute atomic E-state index is 6.37. The second kappa shape index (κ2) is 6.80. The monoisotopic (exact) mass is 263 g/mol. The van der Waals surface area contributed by atoms with Crippen LogP contribution in [0.5, 0.6) is 11.5 Å². The van der Waals surface area contributed by atoms with Gasteiger partial charge in [-0.2, -0.15) is 0 Å². The van der Waals surface area contributed by atoms with Gasteiger partial charge in [0.05, 0.1) is 14.2 Å². The number of methoxy groups -OCH3 is 2. The lowest BCUT2D eigenvalue weighted by Gasteiger charge is -2.27. The molecule has 1 fully saturated rings. The van der Waals surface area contributed by atoms with E-state index in [1.54, 1.807) is 14.2 Å². The molecular formula is C16H25NO2.